The first-order chi connectivity index (χ1) is 34.7. The lowest BCUT2D eigenvalue weighted by molar-refractivity contribution is -0.384. The molecular formula is C53H87N7O14. The molecule has 3 aliphatic heterocycles. The van der Waals surface area contributed by atoms with Crippen LogP contribution in [0.5, 0.6) is 0 Å². The van der Waals surface area contributed by atoms with Gasteiger partial charge in [-0.2, -0.15) is 0 Å². The van der Waals surface area contributed by atoms with Crippen molar-refractivity contribution in [1.82, 2.24) is 29.4 Å². The lowest BCUT2D eigenvalue weighted by atomic mass is 9.77. The molecule has 3 saturated heterocycles. The summed E-state index contributed by atoms with van der Waals surface area (Å²) in [4.78, 5) is 29.5. The largest absolute Gasteiger partial charge is 0.459 e. The van der Waals surface area contributed by atoms with Crippen LogP contribution in [0.1, 0.15) is 113 Å². The fourth-order valence-electron chi connectivity index (χ4n) is 11.8. The number of hydrogen-bond donors (Lipinski definition) is 5. The van der Waals surface area contributed by atoms with E-state index in [4.69, 9.17) is 28.4 Å². The van der Waals surface area contributed by atoms with Gasteiger partial charge in [0.25, 0.3) is 5.69 Å². The number of aliphatic hydroxyl groups excluding tert-OH is 3. The van der Waals surface area contributed by atoms with Crippen LogP contribution in [-0.2, 0) is 52.7 Å². The van der Waals surface area contributed by atoms with Crippen LogP contribution in [-0.4, -0.2) is 190 Å². The molecule has 74 heavy (non-hydrogen) atoms. The predicted molar refractivity (Wildman–Crippen MR) is 275 cm³/mol. The molecule has 18 atom stereocenters. The van der Waals surface area contributed by atoms with E-state index in [9.17, 15) is 40.4 Å². The van der Waals surface area contributed by atoms with Crippen LogP contribution >= 0.6 is 0 Å². The molecule has 3 fully saturated rings. The number of non-ortho nitro benzene ring substituents is 1. The number of cyclic esters (lactones) is 1. The Hall–Kier alpha value is -3.71. The van der Waals surface area contributed by atoms with Crippen molar-refractivity contribution >= 4 is 22.6 Å². The van der Waals surface area contributed by atoms with Crippen molar-refractivity contribution in [2.45, 2.75) is 218 Å². The summed E-state index contributed by atoms with van der Waals surface area (Å²) < 4.78 is 42.0. The highest BCUT2D eigenvalue weighted by atomic mass is 16.7. The van der Waals surface area contributed by atoms with Crippen molar-refractivity contribution in [3.05, 3.63) is 52.5 Å². The third-order valence-electron chi connectivity index (χ3n) is 16.3. The monoisotopic (exact) mass is 1050 g/mol. The van der Waals surface area contributed by atoms with Gasteiger partial charge in [0, 0.05) is 80.1 Å². The summed E-state index contributed by atoms with van der Waals surface area (Å²) in [5.41, 5.74) is -2.87. The summed E-state index contributed by atoms with van der Waals surface area (Å²) in [6.45, 7) is 19.7. The van der Waals surface area contributed by atoms with Crippen LogP contribution in [0.2, 0.25) is 0 Å². The van der Waals surface area contributed by atoms with E-state index in [1.807, 2.05) is 69.7 Å². The first-order valence-electron chi connectivity index (χ1n) is 26.6. The van der Waals surface area contributed by atoms with Crippen LogP contribution in [0, 0.1) is 27.9 Å². The molecule has 3 aromatic rings. The zero-order chi connectivity index (χ0) is 54.6. The van der Waals surface area contributed by atoms with Crippen molar-refractivity contribution in [3.8, 4) is 0 Å². The van der Waals surface area contributed by atoms with Gasteiger partial charge in [-0.05, 0) is 126 Å². The minimum Gasteiger partial charge on any atom is -0.459 e. The molecule has 5 N–H and O–H groups in total. The Kier molecular flexibility index (Phi) is 19.9. The van der Waals surface area contributed by atoms with E-state index in [1.165, 1.54) is 20.1 Å². The second-order valence-corrected chi connectivity index (χ2v) is 22.7. The van der Waals surface area contributed by atoms with E-state index in [1.54, 1.807) is 51.4 Å². The molecule has 1 aromatic carbocycles. The fourth-order valence-corrected chi connectivity index (χ4v) is 11.8. The van der Waals surface area contributed by atoms with Gasteiger partial charge >= 0.3 is 5.97 Å². The first kappa shape index (κ1) is 59.5. The standard InChI is InChI=1S/C53H87N7O14/c1-14-42-53(10,66)46(62)35(6)58(21-16-15-17-38-30-59(55-54-38)24-23-57-22-20-37-26-39(60(67)68)18-19-40(37)57)29-31(2)27-51(8,65)48(74-50-44(61)41(56(11)12)25-32(3)70-50)33(4)45(34(5)49(64)72-42)73-43-28-52(9,69-13)47(63)36(7)71-43/h18-20,22,26,30-36,41-48,50,61-63,65-66H,14-17,21,23-25,27-29H2,1-13H3/t31-,32-,33+,34-,35-,36+,41+,42-,43+,44-,45+,46-,47+,48-,50+,51-,52-,53-/m1/s1. The first-order valence-corrected chi connectivity index (χ1v) is 26.6. The number of ether oxygens (including phenoxy) is 6. The number of aliphatic hydroxyl groups is 5. The number of rotatable bonds is 16. The molecule has 0 bridgehead atoms. The molecule has 3 aliphatic rings. The summed E-state index contributed by atoms with van der Waals surface area (Å²) in [7, 11) is 5.27. The number of nitro groups is 1. The van der Waals surface area contributed by atoms with Crippen LogP contribution in [0.25, 0.3) is 10.9 Å². The molecule has 6 rings (SSSR count). The van der Waals surface area contributed by atoms with E-state index >= 15 is 0 Å². The molecular weight excluding hydrogens is 959 g/mol. The van der Waals surface area contributed by atoms with Gasteiger partial charge in [0.2, 0.25) is 0 Å². The normalized spacial score (nSPS) is 38.4. The number of unbranched alkanes of at least 4 members (excludes halogenated alkanes) is 1. The third-order valence-corrected chi connectivity index (χ3v) is 16.3. The average Bonchev–Trinajstić information content (AvgIpc) is 3.98. The number of esters is 1. The molecule has 0 amide bonds. The lowest BCUT2D eigenvalue weighted by Gasteiger charge is -2.48. The number of benzene rings is 1. The average molecular weight is 1050 g/mol. The Bertz CT molecular complexity index is 2290. The molecule has 2 aromatic heterocycles. The second-order valence-electron chi connectivity index (χ2n) is 22.7. The van der Waals surface area contributed by atoms with Gasteiger partial charge < -0.3 is 63.4 Å². The third kappa shape index (κ3) is 13.7. The van der Waals surface area contributed by atoms with Crippen molar-refractivity contribution in [1.29, 1.82) is 0 Å². The van der Waals surface area contributed by atoms with Gasteiger partial charge in [0.1, 0.15) is 30.0 Å². The fraction of sp³-hybridized carbons (Fsp3) is 0.792. The van der Waals surface area contributed by atoms with E-state index < -0.39 is 101 Å². The van der Waals surface area contributed by atoms with Gasteiger partial charge in [-0.1, -0.05) is 26.0 Å². The Morgan fingerprint density at radius 2 is 1.66 bits per heavy atom. The van der Waals surface area contributed by atoms with Crippen LogP contribution < -0.4 is 0 Å². The Labute approximate surface area is 436 Å². The van der Waals surface area contributed by atoms with E-state index in [0.717, 1.165) is 23.0 Å². The summed E-state index contributed by atoms with van der Waals surface area (Å²) in [5.74, 6) is -2.84. The van der Waals surface area contributed by atoms with Crippen molar-refractivity contribution in [2.75, 3.05) is 34.3 Å². The minimum atomic E-state index is -1.90. The van der Waals surface area contributed by atoms with E-state index in [2.05, 4.69) is 15.2 Å². The van der Waals surface area contributed by atoms with Crippen LogP contribution in [0.3, 0.4) is 0 Å². The quantitative estimate of drug-likeness (QED) is 0.0575. The Morgan fingerprint density at radius 3 is 2.32 bits per heavy atom. The number of aromatic nitrogens is 4. The van der Waals surface area contributed by atoms with Gasteiger partial charge in [0.05, 0.1) is 58.7 Å². The van der Waals surface area contributed by atoms with Crippen LogP contribution in [0.4, 0.5) is 5.69 Å². The van der Waals surface area contributed by atoms with Gasteiger partial charge in [-0.3, -0.25) is 24.5 Å². The van der Waals surface area contributed by atoms with Gasteiger partial charge in [-0.25, -0.2) is 0 Å². The van der Waals surface area contributed by atoms with Crippen molar-refractivity contribution < 1.29 is 63.7 Å². The summed E-state index contributed by atoms with van der Waals surface area (Å²) in [5, 5.41) is 81.1. The predicted octanol–water partition coefficient (Wildman–Crippen LogP) is 4.45. The molecule has 21 nitrogen and oxygen atoms in total. The topological polar surface area (TPSA) is 259 Å². The highest BCUT2D eigenvalue weighted by Gasteiger charge is 2.53. The second kappa shape index (κ2) is 24.7. The number of nitro benzene ring substituents is 1. The van der Waals surface area contributed by atoms with Crippen molar-refractivity contribution in [2.24, 2.45) is 17.8 Å². The summed E-state index contributed by atoms with van der Waals surface area (Å²) in [6.07, 6.45) is -3.09. The maximum Gasteiger partial charge on any atom is 0.311 e. The van der Waals surface area contributed by atoms with Crippen LogP contribution in [0.15, 0.2) is 36.7 Å². The highest BCUT2D eigenvalue weighted by Crippen LogP contribution is 2.40. The molecule has 418 valence electrons. The molecule has 0 spiro atoms. The van der Waals surface area contributed by atoms with E-state index in [-0.39, 0.29) is 43.0 Å². The smallest absolute Gasteiger partial charge is 0.311 e. The van der Waals surface area contributed by atoms with Gasteiger partial charge in [0.15, 0.2) is 12.6 Å². The van der Waals surface area contributed by atoms with Crippen molar-refractivity contribution in [3.63, 3.8) is 0 Å². The number of aryl methyl sites for hydroxylation is 3. The zero-order valence-electron chi connectivity index (χ0n) is 45.9. The Morgan fingerprint density at radius 1 is 0.946 bits per heavy atom. The number of methoxy groups -OCH3 is 1. The lowest BCUT2D eigenvalue weighted by Crippen LogP contribution is -2.60. The number of hydrogen-bond acceptors (Lipinski definition) is 18. The SMILES string of the molecule is CC[C@H]1OC(=O)[C@H](C)[C@@H](O[C@H]2C[C@@](C)(OC)[C@@H](O)[C@H](C)O2)[C@H](C)[C@@H](O[C@@H]2O[C@H](C)C[C@H](N(C)C)[C@H]2O)[C@](C)(O)C[C@@H](C)CN(CCCCc2cn(CCn3ccc4cc([N+](=O)[O-])ccc43)nn2)[C@H](C)[C@@H](O)[C@]1(C)O. The maximum absolute atomic E-state index is 14.6. The number of likely N-dealkylation sites (N-methyl/N-ethyl adjacent to an activating group) is 1. The zero-order valence-corrected chi connectivity index (χ0v) is 45.9. The molecule has 0 radical (unpaired) electrons. The van der Waals surface area contributed by atoms with Gasteiger partial charge in [-0.15, -0.1) is 5.10 Å². The number of nitrogens with zero attached hydrogens (tertiary/aromatic N) is 7. The number of carbonyl (C=O) groups excluding carboxylic acids is 1. The molecule has 0 unspecified atom stereocenters. The molecule has 0 aliphatic carbocycles. The van der Waals surface area contributed by atoms with E-state index in [0.29, 0.717) is 45.4 Å². The highest BCUT2D eigenvalue weighted by molar-refractivity contribution is 5.82. The minimum absolute atomic E-state index is 0.0446. The summed E-state index contributed by atoms with van der Waals surface area (Å²) in [6, 6.07) is 5.71. The maximum atomic E-state index is 14.6. The molecule has 21 heteroatoms. The number of carbonyl (C=O) groups is 1. The number of fused-ring (bicyclic) bond motifs is 1. The summed E-state index contributed by atoms with van der Waals surface area (Å²) >= 11 is 0. The molecule has 0 saturated carbocycles. The molecule has 5 heterocycles. The Balaban J connectivity index is 1.25.